The van der Waals surface area contributed by atoms with Gasteiger partial charge in [0.25, 0.3) is 5.56 Å². The first-order valence-electron chi connectivity index (χ1n) is 9.49. The molecule has 0 spiro atoms. The number of aromatic amines is 1. The Morgan fingerprint density at radius 2 is 1.86 bits per heavy atom. The maximum Gasteiger partial charge on any atom is 0.258 e. The molecule has 2 aromatic heterocycles. The van der Waals surface area contributed by atoms with E-state index in [9.17, 15) is 4.79 Å². The van der Waals surface area contributed by atoms with Crippen LogP contribution in [0.5, 0.6) is 0 Å². The smallest absolute Gasteiger partial charge is 0.258 e. The molecule has 1 aliphatic rings. The first-order chi connectivity index (χ1) is 13.7. The molecular weight excluding hydrogens is 368 g/mol. The second-order valence-corrected chi connectivity index (χ2v) is 8.43. The number of benzene rings is 2. The molecule has 0 aliphatic heterocycles. The molecule has 5 nitrogen and oxygen atoms in total. The number of thioether (sulfide) groups is 1. The van der Waals surface area contributed by atoms with Crippen LogP contribution in [0.4, 0.5) is 0 Å². The van der Waals surface area contributed by atoms with Gasteiger partial charge in [0, 0.05) is 6.04 Å². The number of nitrogens with zero attached hydrogens (tertiary/aromatic N) is 3. The summed E-state index contributed by atoms with van der Waals surface area (Å²) in [6.07, 6.45) is 4.33. The van der Waals surface area contributed by atoms with Crippen LogP contribution in [0.1, 0.15) is 36.9 Å². The van der Waals surface area contributed by atoms with E-state index in [1.54, 1.807) is 17.8 Å². The van der Waals surface area contributed by atoms with Gasteiger partial charge in [0.2, 0.25) is 0 Å². The van der Waals surface area contributed by atoms with Crippen LogP contribution in [0.3, 0.4) is 0 Å². The van der Waals surface area contributed by atoms with Crippen LogP contribution in [0.25, 0.3) is 22.2 Å². The molecule has 1 atom stereocenters. The number of hydrogen-bond donors (Lipinski definition) is 1. The van der Waals surface area contributed by atoms with Gasteiger partial charge in [-0.05, 0) is 37.5 Å². The summed E-state index contributed by atoms with van der Waals surface area (Å²) in [6.45, 7) is 2.06. The Bertz CT molecular complexity index is 1190. The Kier molecular flexibility index (Phi) is 4.28. The highest BCUT2D eigenvalue weighted by molar-refractivity contribution is 7.99. The van der Waals surface area contributed by atoms with Gasteiger partial charge in [-0.15, -0.1) is 0 Å². The van der Waals surface area contributed by atoms with Gasteiger partial charge in [0.1, 0.15) is 5.82 Å². The van der Waals surface area contributed by atoms with Gasteiger partial charge in [-0.1, -0.05) is 54.2 Å². The molecule has 0 radical (unpaired) electrons. The Balaban J connectivity index is 1.50. The number of aromatic nitrogens is 4. The van der Waals surface area contributed by atoms with Crippen molar-refractivity contribution in [3.05, 3.63) is 77.0 Å². The molecule has 4 aromatic rings. The molecular formula is C22H20N4OS. The van der Waals surface area contributed by atoms with E-state index in [2.05, 4.69) is 45.7 Å². The number of H-pyrrole nitrogens is 1. The maximum atomic E-state index is 12.4. The second kappa shape index (κ2) is 6.95. The highest BCUT2D eigenvalue weighted by Gasteiger charge is 2.30. The molecule has 140 valence electrons. The molecule has 5 rings (SSSR count). The Morgan fingerprint density at radius 3 is 2.64 bits per heavy atom. The van der Waals surface area contributed by atoms with Crippen molar-refractivity contribution < 1.29 is 0 Å². The van der Waals surface area contributed by atoms with Gasteiger partial charge in [-0.25, -0.2) is 9.97 Å². The van der Waals surface area contributed by atoms with Gasteiger partial charge >= 0.3 is 0 Å². The zero-order valence-electron chi connectivity index (χ0n) is 15.5. The van der Waals surface area contributed by atoms with Crippen molar-refractivity contribution in [1.29, 1.82) is 0 Å². The van der Waals surface area contributed by atoms with Crippen LogP contribution in [-0.2, 0) is 0 Å². The van der Waals surface area contributed by atoms with Crippen molar-refractivity contribution in [2.75, 3.05) is 0 Å². The topological polar surface area (TPSA) is 63.6 Å². The maximum absolute atomic E-state index is 12.4. The molecule has 1 saturated carbocycles. The number of para-hydroxylation sites is 1. The summed E-state index contributed by atoms with van der Waals surface area (Å²) < 4.78 is 2.34. The molecule has 0 amide bonds. The van der Waals surface area contributed by atoms with E-state index >= 15 is 0 Å². The largest absolute Gasteiger partial charge is 0.316 e. The third-order valence-corrected chi connectivity index (χ3v) is 6.13. The van der Waals surface area contributed by atoms with Crippen molar-refractivity contribution in [3.63, 3.8) is 0 Å². The number of hydrogen-bond acceptors (Lipinski definition) is 4. The molecule has 1 N–H and O–H groups in total. The lowest BCUT2D eigenvalue weighted by Crippen LogP contribution is -2.13. The zero-order chi connectivity index (χ0) is 19.1. The molecule has 0 saturated heterocycles. The summed E-state index contributed by atoms with van der Waals surface area (Å²) >= 11 is 1.64. The Morgan fingerprint density at radius 1 is 1.11 bits per heavy atom. The lowest BCUT2D eigenvalue weighted by Gasteiger charge is -2.14. The van der Waals surface area contributed by atoms with Crippen molar-refractivity contribution in [2.45, 2.75) is 36.2 Å². The first kappa shape index (κ1) is 17.3. The predicted octanol–water partition coefficient (Wildman–Crippen LogP) is 4.97. The third kappa shape index (κ3) is 3.14. The standard InChI is InChI=1S/C22H20N4OS/c1-14(20-24-18-10-6-5-9-17(18)21(27)25-20)28-22-23-13-19(26(22)16-11-12-16)15-7-3-2-4-8-15/h2-10,13-14,16H,11-12H2,1H3,(H,24,25,27). The number of imidazole rings is 1. The molecule has 6 heteroatoms. The second-order valence-electron chi connectivity index (χ2n) is 7.12. The molecule has 28 heavy (non-hydrogen) atoms. The highest BCUT2D eigenvalue weighted by atomic mass is 32.2. The van der Waals surface area contributed by atoms with Gasteiger partial charge in [0.15, 0.2) is 5.16 Å². The molecule has 0 bridgehead atoms. The van der Waals surface area contributed by atoms with Crippen LogP contribution in [0, 0.1) is 0 Å². The molecule has 2 heterocycles. The summed E-state index contributed by atoms with van der Waals surface area (Å²) in [6, 6.07) is 18.3. The van der Waals surface area contributed by atoms with Crippen LogP contribution < -0.4 is 5.56 Å². The highest BCUT2D eigenvalue weighted by Crippen LogP contribution is 2.44. The van der Waals surface area contributed by atoms with E-state index in [1.165, 1.54) is 18.4 Å². The minimum atomic E-state index is -0.0939. The van der Waals surface area contributed by atoms with Gasteiger partial charge < -0.3 is 9.55 Å². The fraction of sp³-hybridized carbons (Fsp3) is 0.227. The predicted molar refractivity (Wildman–Crippen MR) is 113 cm³/mol. The summed E-state index contributed by atoms with van der Waals surface area (Å²) in [4.78, 5) is 24.7. The van der Waals surface area contributed by atoms with Crippen molar-refractivity contribution in [3.8, 4) is 11.3 Å². The minimum Gasteiger partial charge on any atom is -0.316 e. The lowest BCUT2D eigenvalue weighted by molar-refractivity contribution is 0.667. The quantitative estimate of drug-likeness (QED) is 0.490. The van der Waals surface area contributed by atoms with Gasteiger partial charge in [-0.3, -0.25) is 4.79 Å². The van der Waals surface area contributed by atoms with E-state index in [4.69, 9.17) is 4.98 Å². The summed E-state index contributed by atoms with van der Waals surface area (Å²) in [5, 5.41) is 1.58. The average molecular weight is 388 g/mol. The molecule has 1 fully saturated rings. The van der Waals surface area contributed by atoms with E-state index in [0.717, 1.165) is 16.4 Å². The number of rotatable bonds is 5. The number of fused-ring (bicyclic) bond motifs is 1. The summed E-state index contributed by atoms with van der Waals surface area (Å²) in [5.74, 6) is 0.681. The van der Waals surface area contributed by atoms with E-state index in [-0.39, 0.29) is 10.8 Å². The molecule has 1 unspecified atom stereocenters. The normalized spacial score (nSPS) is 15.0. The van der Waals surface area contributed by atoms with Gasteiger partial charge in [-0.2, -0.15) is 0 Å². The Labute approximate surface area is 166 Å². The van der Waals surface area contributed by atoms with E-state index in [1.807, 2.05) is 30.5 Å². The van der Waals surface area contributed by atoms with E-state index < -0.39 is 0 Å². The third-order valence-electron chi connectivity index (χ3n) is 5.04. The lowest BCUT2D eigenvalue weighted by atomic mass is 10.2. The van der Waals surface area contributed by atoms with Crippen LogP contribution in [-0.4, -0.2) is 19.5 Å². The molecule has 2 aromatic carbocycles. The van der Waals surface area contributed by atoms with Crippen LogP contribution in [0.15, 0.2) is 70.7 Å². The van der Waals surface area contributed by atoms with E-state index in [0.29, 0.717) is 17.3 Å². The fourth-order valence-corrected chi connectivity index (χ4v) is 4.46. The zero-order valence-corrected chi connectivity index (χ0v) is 16.3. The first-order valence-corrected chi connectivity index (χ1v) is 10.4. The van der Waals surface area contributed by atoms with Crippen molar-refractivity contribution in [2.24, 2.45) is 0 Å². The van der Waals surface area contributed by atoms with Crippen molar-refractivity contribution >= 4 is 22.7 Å². The van der Waals surface area contributed by atoms with Gasteiger partial charge in [0.05, 0.1) is 28.0 Å². The summed E-state index contributed by atoms with van der Waals surface area (Å²) in [7, 11) is 0. The Hall–Kier alpha value is -2.86. The van der Waals surface area contributed by atoms with Crippen LogP contribution >= 0.6 is 11.8 Å². The monoisotopic (exact) mass is 388 g/mol. The van der Waals surface area contributed by atoms with Crippen LogP contribution in [0.2, 0.25) is 0 Å². The summed E-state index contributed by atoms with van der Waals surface area (Å²) in [5.41, 5.74) is 2.96. The fourth-order valence-electron chi connectivity index (χ4n) is 3.45. The minimum absolute atomic E-state index is 0.0131. The number of nitrogens with one attached hydrogen (secondary N) is 1. The SMILES string of the molecule is CC(Sc1ncc(-c2ccccc2)n1C1CC1)c1nc2ccccc2c(=O)[nH]1. The molecule has 1 aliphatic carbocycles. The van der Waals surface area contributed by atoms with Crippen molar-refractivity contribution in [1.82, 2.24) is 19.5 Å². The average Bonchev–Trinajstić information content (AvgIpc) is 3.48.